The van der Waals surface area contributed by atoms with E-state index in [-0.39, 0.29) is 11.9 Å². The summed E-state index contributed by atoms with van der Waals surface area (Å²) in [5.74, 6) is -1.17. The molecule has 0 aromatic heterocycles. The van der Waals surface area contributed by atoms with E-state index in [2.05, 4.69) is 0 Å². The number of amides is 1. The van der Waals surface area contributed by atoms with Gasteiger partial charge in [0.15, 0.2) is 0 Å². The van der Waals surface area contributed by atoms with E-state index in [1.54, 1.807) is 11.0 Å². The Balaban J connectivity index is 2.07. The van der Waals surface area contributed by atoms with E-state index in [0.29, 0.717) is 18.4 Å². The van der Waals surface area contributed by atoms with Crippen molar-refractivity contribution < 1.29 is 14.7 Å². The lowest BCUT2D eigenvalue weighted by atomic mass is 9.90. The van der Waals surface area contributed by atoms with Crippen molar-refractivity contribution in [2.75, 3.05) is 0 Å². The first kappa shape index (κ1) is 17.2. The molecule has 0 radical (unpaired) electrons. The van der Waals surface area contributed by atoms with Gasteiger partial charge in [-0.05, 0) is 44.0 Å². The van der Waals surface area contributed by atoms with Gasteiger partial charge in [0.1, 0.15) is 5.54 Å². The first-order valence-electron chi connectivity index (χ1n) is 8.55. The van der Waals surface area contributed by atoms with E-state index in [9.17, 15) is 14.7 Å². The Bertz CT molecular complexity index is 800. The number of carbonyl (C=O) groups is 2. The van der Waals surface area contributed by atoms with Crippen LogP contribution in [0.25, 0.3) is 0 Å². The van der Waals surface area contributed by atoms with Crippen molar-refractivity contribution in [2.45, 2.75) is 45.2 Å². The molecule has 0 heterocycles. The number of carbonyl (C=O) groups excluding carboxylic acids is 1. The molecular formula is C21H23NO3. The third-order valence-corrected chi connectivity index (χ3v) is 4.94. The van der Waals surface area contributed by atoms with Crippen LogP contribution in [0.3, 0.4) is 0 Å². The van der Waals surface area contributed by atoms with Gasteiger partial charge in [0.05, 0.1) is 0 Å². The molecule has 3 rings (SSSR count). The molecule has 25 heavy (non-hydrogen) atoms. The second-order valence-electron chi connectivity index (χ2n) is 7.10. The van der Waals surface area contributed by atoms with E-state index < -0.39 is 11.5 Å². The van der Waals surface area contributed by atoms with Gasteiger partial charge in [-0.15, -0.1) is 0 Å². The summed E-state index contributed by atoms with van der Waals surface area (Å²) in [7, 11) is 0. The quantitative estimate of drug-likeness (QED) is 0.929. The third kappa shape index (κ3) is 2.93. The smallest absolute Gasteiger partial charge is 0.330 e. The second-order valence-corrected chi connectivity index (χ2v) is 7.10. The molecule has 1 aliphatic rings. The fraction of sp³-hybridized carbons (Fsp3) is 0.333. The molecule has 1 aliphatic carbocycles. The number of aliphatic carboxylic acids is 1. The Morgan fingerprint density at radius 2 is 1.64 bits per heavy atom. The lowest BCUT2D eigenvalue weighted by molar-refractivity contribution is -0.150. The molecule has 0 unspecified atom stereocenters. The van der Waals surface area contributed by atoms with Crippen LogP contribution >= 0.6 is 0 Å². The number of carboxylic acids is 1. The van der Waals surface area contributed by atoms with E-state index in [0.717, 1.165) is 16.7 Å². The molecule has 0 atom stereocenters. The fourth-order valence-electron chi connectivity index (χ4n) is 3.86. The lowest BCUT2D eigenvalue weighted by Gasteiger charge is -2.41. The molecule has 0 aliphatic heterocycles. The summed E-state index contributed by atoms with van der Waals surface area (Å²) < 4.78 is 0. The first-order valence-corrected chi connectivity index (χ1v) is 8.55. The maximum atomic E-state index is 13.2. The minimum atomic E-state index is -1.24. The Kier molecular flexibility index (Phi) is 4.38. The Hall–Kier alpha value is -2.62. The van der Waals surface area contributed by atoms with Crippen LogP contribution in [0.5, 0.6) is 0 Å². The zero-order valence-electron chi connectivity index (χ0n) is 14.8. The van der Waals surface area contributed by atoms with E-state index in [1.165, 1.54) is 0 Å². The van der Waals surface area contributed by atoms with Crippen molar-refractivity contribution in [2.24, 2.45) is 0 Å². The minimum absolute atomic E-state index is 0.224. The van der Waals surface area contributed by atoms with Gasteiger partial charge in [0, 0.05) is 24.4 Å². The number of rotatable bonds is 4. The number of nitrogens with zero attached hydrogens (tertiary/aromatic N) is 1. The number of hydrogen-bond acceptors (Lipinski definition) is 2. The van der Waals surface area contributed by atoms with Crippen LogP contribution in [-0.2, 0) is 17.6 Å². The van der Waals surface area contributed by atoms with Gasteiger partial charge < -0.3 is 10.0 Å². The van der Waals surface area contributed by atoms with Crippen molar-refractivity contribution >= 4 is 11.9 Å². The Labute approximate surface area is 148 Å². The molecule has 0 bridgehead atoms. The van der Waals surface area contributed by atoms with Crippen molar-refractivity contribution in [3.63, 3.8) is 0 Å². The molecule has 0 saturated carbocycles. The summed E-state index contributed by atoms with van der Waals surface area (Å²) >= 11 is 0. The van der Waals surface area contributed by atoms with Gasteiger partial charge in [0.2, 0.25) is 0 Å². The zero-order valence-corrected chi connectivity index (χ0v) is 14.8. The first-order chi connectivity index (χ1) is 11.8. The molecule has 4 heteroatoms. The molecule has 1 N–H and O–H groups in total. The number of carboxylic acid groups (broad SMARTS) is 1. The van der Waals surface area contributed by atoms with Gasteiger partial charge in [-0.25, -0.2) is 4.79 Å². The van der Waals surface area contributed by atoms with E-state index in [4.69, 9.17) is 0 Å². The molecule has 130 valence electrons. The standard InChI is InChI=1S/C21H23NO3/c1-14(2)22(19(23)16-10-6-7-15(3)11-16)21(20(24)25)12-17-8-4-5-9-18(17)13-21/h4-11,14H,12-13H2,1-3H3,(H,24,25). The van der Waals surface area contributed by atoms with Crippen molar-refractivity contribution in [1.82, 2.24) is 4.90 Å². The minimum Gasteiger partial charge on any atom is -0.479 e. The normalized spacial score (nSPS) is 15.0. The average Bonchev–Trinajstić information content (AvgIpc) is 2.94. The highest BCUT2D eigenvalue weighted by atomic mass is 16.4. The molecule has 2 aromatic carbocycles. The molecule has 0 fully saturated rings. The summed E-state index contributed by atoms with van der Waals surface area (Å²) in [5.41, 5.74) is 2.29. The summed E-state index contributed by atoms with van der Waals surface area (Å²) in [6.45, 7) is 5.68. The van der Waals surface area contributed by atoms with Crippen molar-refractivity contribution in [3.05, 3.63) is 70.8 Å². The fourth-order valence-corrected chi connectivity index (χ4v) is 3.86. The summed E-state index contributed by atoms with van der Waals surface area (Å²) in [5, 5.41) is 10.1. The number of hydrogen-bond donors (Lipinski definition) is 1. The van der Waals surface area contributed by atoms with E-state index >= 15 is 0 Å². The summed E-state index contributed by atoms with van der Waals surface area (Å²) in [6, 6.07) is 14.8. The summed E-state index contributed by atoms with van der Waals surface area (Å²) in [6.07, 6.45) is 0.683. The monoisotopic (exact) mass is 337 g/mol. The number of benzene rings is 2. The van der Waals surface area contributed by atoms with Gasteiger partial charge in [-0.3, -0.25) is 4.79 Å². The highest BCUT2D eigenvalue weighted by molar-refractivity contribution is 5.98. The maximum absolute atomic E-state index is 13.2. The van der Waals surface area contributed by atoms with Crippen LogP contribution in [0.1, 0.15) is 40.9 Å². The number of aryl methyl sites for hydroxylation is 1. The molecule has 4 nitrogen and oxygen atoms in total. The number of fused-ring (bicyclic) bond motifs is 1. The Morgan fingerprint density at radius 1 is 1.04 bits per heavy atom. The van der Waals surface area contributed by atoms with Crippen LogP contribution in [0.2, 0.25) is 0 Å². The van der Waals surface area contributed by atoms with Crippen molar-refractivity contribution in [3.8, 4) is 0 Å². The molecule has 0 spiro atoms. The van der Waals surface area contributed by atoms with Gasteiger partial charge >= 0.3 is 5.97 Å². The van der Waals surface area contributed by atoms with Crippen LogP contribution < -0.4 is 0 Å². The molecular weight excluding hydrogens is 314 g/mol. The molecule has 2 aromatic rings. The molecule has 1 amide bonds. The average molecular weight is 337 g/mol. The maximum Gasteiger partial charge on any atom is 0.330 e. The van der Waals surface area contributed by atoms with Crippen LogP contribution in [0.4, 0.5) is 0 Å². The van der Waals surface area contributed by atoms with Crippen LogP contribution in [0, 0.1) is 6.92 Å². The second kappa shape index (κ2) is 6.36. The Morgan fingerprint density at radius 3 is 2.12 bits per heavy atom. The predicted octanol–water partition coefficient (Wildman–Crippen LogP) is 3.47. The highest BCUT2D eigenvalue weighted by Gasteiger charge is 2.51. The lowest BCUT2D eigenvalue weighted by Crippen LogP contribution is -2.60. The van der Waals surface area contributed by atoms with E-state index in [1.807, 2.05) is 63.2 Å². The summed E-state index contributed by atoms with van der Waals surface area (Å²) in [4.78, 5) is 27.2. The third-order valence-electron chi connectivity index (χ3n) is 4.94. The van der Waals surface area contributed by atoms with Crippen molar-refractivity contribution in [1.29, 1.82) is 0 Å². The zero-order chi connectivity index (χ0) is 18.2. The van der Waals surface area contributed by atoms with Gasteiger partial charge in [0.25, 0.3) is 5.91 Å². The topological polar surface area (TPSA) is 57.6 Å². The van der Waals surface area contributed by atoms with Crippen LogP contribution in [-0.4, -0.2) is 33.5 Å². The van der Waals surface area contributed by atoms with Gasteiger partial charge in [-0.1, -0.05) is 42.0 Å². The van der Waals surface area contributed by atoms with Crippen LogP contribution in [0.15, 0.2) is 48.5 Å². The SMILES string of the molecule is Cc1cccc(C(=O)N(C(C)C)C2(C(=O)O)Cc3ccccc3C2)c1. The van der Waals surface area contributed by atoms with Gasteiger partial charge in [-0.2, -0.15) is 0 Å². The molecule has 0 saturated heterocycles. The predicted molar refractivity (Wildman–Crippen MR) is 96.7 cm³/mol. The largest absolute Gasteiger partial charge is 0.479 e. The highest BCUT2D eigenvalue weighted by Crippen LogP contribution is 2.37.